The maximum Gasteiger partial charge on any atom is 0.371 e. The van der Waals surface area contributed by atoms with Gasteiger partial charge in [-0.05, 0) is 38.8 Å². The number of carboxylic acids is 1. The van der Waals surface area contributed by atoms with Crippen molar-refractivity contribution in [2.75, 3.05) is 20.1 Å². The van der Waals surface area contributed by atoms with E-state index in [1.807, 2.05) is 13.8 Å². The van der Waals surface area contributed by atoms with Crippen LogP contribution < -0.4 is 0 Å². The van der Waals surface area contributed by atoms with Crippen LogP contribution in [0.4, 0.5) is 0 Å². The number of carbonyl (C=O) groups is 2. The fraction of sp³-hybridized carbons (Fsp3) is 0.600. The molecule has 24 heavy (non-hydrogen) atoms. The monoisotopic (exact) mass is 358 g/mol. The van der Waals surface area contributed by atoms with Gasteiger partial charge in [-0.15, -0.1) is 0 Å². The molecule has 0 aromatic carbocycles. The minimum atomic E-state index is -3.88. The van der Waals surface area contributed by atoms with Gasteiger partial charge in [-0.1, -0.05) is 0 Å². The number of nitrogens with zero attached hydrogens (tertiary/aromatic N) is 2. The lowest BCUT2D eigenvalue weighted by molar-refractivity contribution is -0.136. The van der Waals surface area contributed by atoms with E-state index in [1.165, 1.54) is 4.31 Å². The highest BCUT2D eigenvalue weighted by Gasteiger charge is 2.35. The van der Waals surface area contributed by atoms with Gasteiger partial charge in [0.25, 0.3) is 10.0 Å². The van der Waals surface area contributed by atoms with Gasteiger partial charge in [0.1, 0.15) is 0 Å². The van der Waals surface area contributed by atoms with Crippen LogP contribution in [-0.2, 0) is 14.8 Å². The molecule has 1 fully saturated rings. The molecule has 1 aliphatic rings. The van der Waals surface area contributed by atoms with E-state index >= 15 is 0 Å². The minimum Gasteiger partial charge on any atom is -0.475 e. The second kappa shape index (κ2) is 6.94. The van der Waals surface area contributed by atoms with E-state index in [-0.39, 0.29) is 36.0 Å². The molecule has 2 rings (SSSR count). The van der Waals surface area contributed by atoms with Crippen molar-refractivity contribution in [3.8, 4) is 0 Å². The molecule has 0 atom stereocenters. The number of rotatable bonds is 5. The largest absolute Gasteiger partial charge is 0.475 e. The average molecular weight is 358 g/mol. The number of hydrogen-bond acceptors (Lipinski definition) is 5. The van der Waals surface area contributed by atoms with Gasteiger partial charge in [0, 0.05) is 32.1 Å². The van der Waals surface area contributed by atoms with Crippen LogP contribution in [0.3, 0.4) is 0 Å². The number of furan rings is 1. The van der Waals surface area contributed by atoms with Crippen LogP contribution in [-0.4, -0.2) is 60.8 Å². The summed E-state index contributed by atoms with van der Waals surface area (Å²) in [5.41, 5.74) is 0. The summed E-state index contributed by atoms with van der Waals surface area (Å²) < 4.78 is 31.1. The molecule has 1 N–H and O–H groups in total. The van der Waals surface area contributed by atoms with Gasteiger partial charge in [-0.2, -0.15) is 4.31 Å². The predicted molar refractivity (Wildman–Crippen MR) is 85.1 cm³/mol. The molecule has 0 unspecified atom stereocenters. The zero-order valence-electron chi connectivity index (χ0n) is 13.9. The van der Waals surface area contributed by atoms with E-state index in [9.17, 15) is 18.0 Å². The molecule has 1 aliphatic heterocycles. The fourth-order valence-electron chi connectivity index (χ4n) is 2.59. The minimum absolute atomic E-state index is 0.0215. The number of hydrogen-bond donors (Lipinski definition) is 1. The highest BCUT2D eigenvalue weighted by molar-refractivity contribution is 7.89. The second-order valence-electron chi connectivity index (χ2n) is 6.15. The summed E-state index contributed by atoms with van der Waals surface area (Å²) in [6.07, 6.45) is 0.864. The number of sulfonamides is 1. The van der Waals surface area contributed by atoms with Gasteiger partial charge >= 0.3 is 5.97 Å². The normalized spacial score (nSPS) is 17.2. The first kappa shape index (κ1) is 18.5. The van der Waals surface area contributed by atoms with E-state index in [2.05, 4.69) is 0 Å². The van der Waals surface area contributed by atoms with Crippen LogP contribution in [0, 0.1) is 5.92 Å². The first-order valence-corrected chi connectivity index (χ1v) is 9.18. The SMILES string of the molecule is CC(C)N(C)C(=O)C1CCN(S(=O)(=O)c2ccc(C(=O)O)o2)CC1. The van der Waals surface area contributed by atoms with Crippen molar-refractivity contribution in [1.29, 1.82) is 0 Å². The van der Waals surface area contributed by atoms with Crippen molar-refractivity contribution >= 4 is 21.9 Å². The van der Waals surface area contributed by atoms with Crippen molar-refractivity contribution in [2.45, 2.75) is 37.8 Å². The molecule has 9 heteroatoms. The van der Waals surface area contributed by atoms with Crippen LogP contribution in [0.2, 0.25) is 0 Å². The third-order valence-electron chi connectivity index (χ3n) is 4.31. The Morgan fingerprint density at radius 3 is 2.33 bits per heavy atom. The van der Waals surface area contributed by atoms with Crippen molar-refractivity contribution in [1.82, 2.24) is 9.21 Å². The fourth-order valence-corrected chi connectivity index (χ4v) is 3.97. The van der Waals surface area contributed by atoms with E-state index in [0.717, 1.165) is 12.1 Å². The zero-order chi connectivity index (χ0) is 18.1. The number of piperidine rings is 1. The first-order valence-electron chi connectivity index (χ1n) is 7.74. The van der Waals surface area contributed by atoms with Crippen LogP contribution in [0.1, 0.15) is 37.2 Å². The molecule has 1 aromatic heterocycles. The van der Waals surface area contributed by atoms with Gasteiger partial charge in [0.15, 0.2) is 0 Å². The molecule has 1 saturated heterocycles. The molecule has 0 radical (unpaired) electrons. The van der Waals surface area contributed by atoms with Crippen molar-refractivity contribution in [3.05, 3.63) is 17.9 Å². The first-order chi connectivity index (χ1) is 11.1. The summed E-state index contributed by atoms with van der Waals surface area (Å²) in [6, 6.07) is 2.35. The van der Waals surface area contributed by atoms with E-state index in [4.69, 9.17) is 9.52 Å². The number of carboxylic acid groups (broad SMARTS) is 1. The highest BCUT2D eigenvalue weighted by atomic mass is 32.2. The van der Waals surface area contributed by atoms with Crippen LogP contribution in [0.5, 0.6) is 0 Å². The molecule has 1 aromatic rings. The molecule has 0 aliphatic carbocycles. The van der Waals surface area contributed by atoms with Crippen molar-refractivity contribution < 1.29 is 27.5 Å². The van der Waals surface area contributed by atoms with E-state index < -0.39 is 21.8 Å². The Hall–Kier alpha value is -1.87. The van der Waals surface area contributed by atoms with Crippen molar-refractivity contribution in [3.63, 3.8) is 0 Å². The molecule has 8 nitrogen and oxygen atoms in total. The van der Waals surface area contributed by atoms with E-state index in [1.54, 1.807) is 11.9 Å². The molecule has 0 spiro atoms. The molecule has 0 saturated carbocycles. The summed E-state index contributed by atoms with van der Waals surface area (Å²) in [7, 11) is -2.14. The topological polar surface area (TPSA) is 108 Å². The Labute approximate surface area is 141 Å². The molecule has 1 amide bonds. The standard InChI is InChI=1S/C15H22N2O6S/c1-10(2)16(3)14(18)11-6-8-17(9-7-11)24(21,22)13-5-4-12(23-13)15(19)20/h4-5,10-11H,6-9H2,1-3H3,(H,19,20). The summed E-state index contributed by atoms with van der Waals surface area (Å²) in [4.78, 5) is 24.8. The summed E-state index contributed by atoms with van der Waals surface area (Å²) in [6.45, 7) is 4.25. The molecular formula is C15H22N2O6S. The quantitative estimate of drug-likeness (QED) is 0.848. The summed E-state index contributed by atoms with van der Waals surface area (Å²) >= 11 is 0. The Morgan fingerprint density at radius 1 is 1.29 bits per heavy atom. The number of carbonyl (C=O) groups excluding carboxylic acids is 1. The summed E-state index contributed by atoms with van der Waals surface area (Å²) in [5, 5.41) is 8.44. The van der Waals surface area contributed by atoms with E-state index in [0.29, 0.717) is 12.8 Å². The number of aromatic carboxylic acids is 1. The van der Waals surface area contributed by atoms with Gasteiger partial charge < -0.3 is 14.4 Å². The third kappa shape index (κ3) is 3.62. The maximum atomic E-state index is 12.5. The van der Waals surface area contributed by atoms with Gasteiger partial charge in [-0.3, -0.25) is 4.79 Å². The average Bonchev–Trinajstić information content (AvgIpc) is 3.04. The third-order valence-corrected chi connectivity index (χ3v) is 6.08. The van der Waals surface area contributed by atoms with Crippen LogP contribution >= 0.6 is 0 Å². The lowest BCUT2D eigenvalue weighted by atomic mass is 9.96. The molecule has 134 valence electrons. The predicted octanol–water partition coefficient (Wildman–Crippen LogP) is 1.25. The Balaban J connectivity index is 2.05. The zero-order valence-corrected chi connectivity index (χ0v) is 14.7. The molecular weight excluding hydrogens is 336 g/mol. The van der Waals surface area contributed by atoms with Crippen molar-refractivity contribution in [2.24, 2.45) is 5.92 Å². The van der Waals surface area contributed by atoms with Gasteiger partial charge in [-0.25, -0.2) is 13.2 Å². The van der Waals surface area contributed by atoms with Crippen LogP contribution in [0.25, 0.3) is 0 Å². The van der Waals surface area contributed by atoms with Crippen LogP contribution in [0.15, 0.2) is 21.6 Å². The highest BCUT2D eigenvalue weighted by Crippen LogP contribution is 2.26. The van der Waals surface area contributed by atoms with Gasteiger partial charge in [0.2, 0.25) is 16.8 Å². The number of amides is 1. The molecule has 0 bridgehead atoms. The lowest BCUT2D eigenvalue weighted by Crippen LogP contribution is -2.44. The molecule has 2 heterocycles. The smallest absolute Gasteiger partial charge is 0.371 e. The Kier molecular flexibility index (Phi) is 5.34. The Morgan fingerprint density at radius 2 is 1.88 bits per heavy atom. The summed E-state index contributed by atoms with van der Waals surface area (Å²) in [5.74, 6) is -1.92. The maximum absolute atomic E-state index is 12.5. The second-order valence-corrected chi connectivity index (χ2v) is 8.01. The van der Waals surface area contributed by atoms with Gasteiger partial charge in [0.05, 0.1) is 0 Å². The lowest BCUT2D eigenvalue weighted by Gasteiger charge is -2.33. The Bertz CT molecular complexity index is 716.